The third kappa shape index (κ3) is 6.39. The molecule has 0 spiro atoms. The van der Waals surface area contributed by atoms with Crippen LogP contribution in [0.25, 0.3) is 0 Å². The molecule has 0 aliphatic carbocycles. The van der Waals surface area contributed by atoms with E-state index in [0.717, 1.165) is 16.3 Å². The number of aromatic nitrogens is 2. The van der Waals surface area contributed by atoms with E-state index in [4.69, 9.17) is 4.74 Å². The SMILES string of the molecule is COc1ccc(CNC(=O)CCCc2nnc(C(=O)Nc3ccccc3)s2)cc1. The summed E-state index contributed by atoms with van der Waals surface area (Å²) in [6.45, 7) is 0.478. The van der Waals surface area contributed by atoms with E-state index in [1.807, 2.05) is 54.6 Å². The molecule has 3 aromatic rings. The maximum Gasteiger partial charge on any atom is 0.286 e. The molecule has 150 valence electrons. The summed E-state index contributed by atoms with van der Waals surface area (Å²) in [5, 5.41) is 14.7. The number of ether oxygens (including phenoxy) is 1. The Labute approximate surface area is 173 Å². The highest BCUT2D eigenvalue weighted by molar-refractivity contribution is 7.13. The summed E-state index contributed by atoms with van der Waals surface area (Å²) in [4.78, 5) is 24.2. The van der Waals surface area contributed by atoms with E-state index in [1.54, 1.807) is 7.11 Å². The van der Waals surface area contributed by atoms with Gasteiger partial charge in [0, 0.05) is 25.1 Å². The molecule has 0 saturated carbocycles. The van der Waals surface area contributed by atoms with Crippen LogP contribution in [0, 0.1) is 0 Å². The van der Waals surface area contributed by atoms with Crippen LogP contribution in [0.4, 0.5) is 5.69 Å². The fourth-order valence-electron chi connectivity index (χ4n) is 2.59. The minimum absolute atomic E-state index is 0.0209. The van der Waals surface area contributed by atoms with Gasteiger partial charge in [0.1, 0.15) is 10.8 Å². The van der Waals surface area contributed by atoms with Gasteiger partial charge in [-0.25, -0.2) is 0 Å². The quantitative estimate of drug-likeness (QED) is 0.564. The van der Waals surface area contributed by atoms with Crippen molar-refractivity contribution in [3.63, 3.8) is 0 Å². The molecule has 2 aromatic carbocycles. The van der Waals surface area contributed by atoms with E-state index in [-0.39, 0.29) is 11.8 Å². The van der Waals surface area contributed by atoms with Crippen molar-refractivity contribution >= 4 is 28.8 Å². The van der Waals surface area contributed by atoms with Gasteiger partial charge in [0.05, 0.1) is 7.11 Å². The Morgan fingerprint density at radius 1 is 1.03 bits per heavy atom. The van der Waals surface area contributed by atoms with Crippen LogP contribution in [0.3, 0.4) is 0 Å². The summed E-state index contributed by atoms with van der Waals surface area (Å²) in [7, 11) is 1.62. The van der Waals surface area contributed by atoms with Crippen LogP contribution >= 0.6 is 11.3 Å². The standard InChI is InChI=1S/C21H22N4O3S/c1-28-17-12-10-15(11-13-17)14-22-18(26)8-5-9-19-24-25-21(29-19)20(27)23-16-6-3-2-4-7-16/h2-4,6-7,10-13H,5,8-9,14H2,1H3,(H,22,26)(H,23,27). The van der Waals surface area contributed by atoms with Crippen molar-refractivity contribution in [3.05, 3.63) is 70.2 Å². The monoisotopic (exact) mass is 410 g/mol. The van der Waals surface area contributed by atoms with Gasteiger partial charge in [-0.2, -0.15) is 0 Å². The van der Waals surface area contributed by atoms with Crippen LogP contribution in [-0.4, -0.2) is 29.1 Å². The van der Waals surface area contributed by atoms with Crippen LogP contribution in [0.1, 0.15) is 33.2 Å². The number of hydrogen-bond donors (Lipinski definition) is 2. The Balaban J connectivity index is 1.39. The zero-order valence-electron chi connectivity index (χ0n) is 16.1. The van der Waals surface area contributed by atoms with Gasteiger partial charge in [-0.1, -0.05) is 41.7 Å². The van der Waals surface area contributed by atoms with E-state index in [0.29, 0.717) is 36.5 Å². The zero-order valence-corrected chi connectivity index (χ0v) is 16.9. The first-order chi connectivity index (χ1) is 14.1. The van der Waals surface area contributed by atoms with Gasteiger partial charge in [-0.15, -0.1) is 10.2 Å². The highest BCUT2D eigenvalue weighted by atomic mass is 32.1. The molecule has 3 rings (SSSR count). The lowest BCUT2D eigenvalue weighted by atomic mass is 10.2. The van der Waals surface area contributed by atoms with E-state index < -0.39 is 0 Å². The first-order valence-corrected chi connectivity index (χ1v) is 10.0. The number of carbonyl (C=O) groups is 2. The second-order valence-electron chi connectivity index (χ2n) is 6.30. The molecule has 0 saturated heterocycles. The van der Waals surface area contributed by atoms with E-state index >= 15 is 0 Å². The Kier molecular flexibility index (Phi) is 7.29. The van der Waals surface area contributed by atoms with E-state index in [2.05, 4.69) is 20.8 Å². The van der Waals surface area contributed by atoms with Gasteiger partial charge in [-0.3, -0.25) is 9.59 Å². The minimum Gasteiger partial charge on any atom is -0.497 e. The normalized spacial score (nSPS) is 10.4. The van der Waals surface area contributed by atoms with Crippen molar-refractivity contribution in [1.82, 2.24) is 15.5 Å². The van der Waals surface area contributed by atoms with Gasteiger partial charge < -0.3 is 15.4 Å². The number of nitrogens with zero attached hydrogens (tertiary/aromatic N) is 2. The van der Waals surface area contributed by atoms with Gasteiger partial charge in [-0.05, 0) is 36.2 Å². The summed E-state index contributed by atoms with van der Waals surface area (Å²) in [5.41, 5.74) is 1.72. The second-order valence-corrected chi connectivity index (χ2v) is 7.36. The van der Waals surface area contributed by atoms with Crippen LogP contribution < -0.4 is 15.4 Å². The molecule has 7 nitrogen and oxygen atoms in total. The number of para-hydroxylation sites is 1. The van der Waals surface area contributed by atoms with E-state index in [9.17, 15) is 9.59 Å². The summed E-state index contributed by atoms with van der Waals surface area (Å²) >= 11 is 1.25. The summed E-state index contributed by atoms with van der Waals surface area (Å²) in [5.74, 6) is 0.485. The molecule has 2 N–H and O–H groups in total. The fourth-order valence-corrected chi connectivity index (χ4v) is 3.36. The van der Waals surface area contributed by atoms with E-state index in [1.165, 1.54) is 11.3 Å². The molecule has 0 bridgehead atoms. The van der Waals surface area contributed by atoms with Gasteiger partial charge >= 0.3 is 0 Å². The molecule has 0 radical (unpaired) electrons. The highest BCUT2D eigenvalue weighted by Gasteiger charge is 2.13. The summed E-state index contributed by atoms with van der Waals surface area (Å²) < 4.78 is 5.11. The topological polar surface area (TPSA) is 93.2 Å². The maximum absolute atomic E-state index is 12.2. The molecule has 2 amide bonds. The predicted octanol–water partition coefficient (Wildman–Crippen LogP) is 3.44. The molecule has 0 fully saturated rings. The molecule has 0 aliphatic rings. The molecule has 1 heterocycles. The molecular formula is C21H22N4O3S. The number of carbonyl (C=O) groups excluding carboxylic acids is 2. The minimum atomic E-state index is -0.280. The van der Waals surface area contributed by atoms with Crippen molar-refractivity contribution in [2.75, 3.05) is 12.4 Å². The van der Waals surface area contributed by atoms with Crippen LogP contribution in [-0.2, 0) is 17.8 Å². The summed E-state index contributed by atoms with van der Waals surface area (Å²) in [6.07, 6.45) is 1.64. The number of amides is 2. The molecular weight excluding hydrogens is 388 g/mol. The number of rotatable bonds is 9. The Bertz CT molecular complexity index is 942. The Morgan fingerprint density at radius 3 is 2.52 bits per heavy atom. The van der Waals surface area contributed by atoms with Crippen LogP contribution in [0.15, 0.2) is 54.6 Å². The smallest absolute Gasteiger partial charge is 0.286 e. The van der Waals surface area contributed by atoms with Gasteiger partial charge in [0.2, 0.25) is 10.9 Å². The van der Waals surface area contributed by atoms with Crippen molar-refractivity contribution in [2.45, 2.75) is 25.8 Å². The molecule has 0 unspecified atom stereocenters. The third-order valence-corrected chi connectivity index (χ3v) is 5.12. The van der Waals surface area contributed by atoms with Crippen molar-refractivity contribution < 1.29 is 14.3 Å². The molecule has 1 aromatic heterocycles. The predicted molar refractivity (Wildman–Crippen MR) is 112 cm³/mol. The van der Waals surface area contributed by atoms with Gasteiger partial charge in [0.25, 0.3) is 5.91 Å². The van der Waals surface area contributed by atoms with Crippen LogP contribution in [0.2, 0.25) is 0 Å². The Morgan fingerprint density at radius 2 is 1.79 bits per heavy atom. The number of hydrogen-bond acceptors (Lipinski definition) is 6. The molecule has 0 atom stereocenters. The number of nitrogens with one attached hydrogen (secondary N) is 2. The van der Waals surface area contributed by atoms with Crippen molar-refractivity contribution in [1.29, 1.82) is 0 Å². The number of aryl methyl sites for hydroxylation is 1. The fraction of sp³-hybridized carbons (Fsp3) is 0.238. The number of benzene rings is 2. The lowest BCUT2D eigenvalue weighted by Crippen LogP contribution is -2.22. The third-order valence-electron chi connectivity index (χ3n) is 4.14. The van der Waals surface area contributed by atoms with Crippen LogP contribution in [0.5, 0.6) is 5.75 Å². The highest BCUT2D eigenvalue weighted by Crippen LogP contribution is 2.15. The second kappa shape index (κ2) is 10.3. The number of anilines is 1. The molecule has 29 heavy (non-hydrogen) atoms. The average Bonchev–Trinajstić information content (AvgIpc) is 3.22. The maximum atomic E-state index is 12.2. The first kappa shape index (κ1) is 20.5. The number of methoxy groups -OCH3 is 1. The summed E-state index contributed by atoms with van der Waals surface area (Å²) in [6, 6.07) is 16.8. The average molecular weight is 410 g/mol. The molecule has 8 heteroatoms. The van der Waals surface area contributed by atoms with Crippen molar-refractivity contribution in [3.8, 4) is 5.75 Å². The zero-order chi connectivity index (χ0) is 20.5. The first-order valence-electron chi connectivity index (χ1n) is 9.22. The lowest BCUT2D eigenvalue weighted by Gasteiger charge is -2.06. The lowest BCUT2D eigenvalue weighted by molar-refractivity contribution is -0.121. The molecule has 0 aliphatic heterocycles. The Hall–Kier alpha value is -3.26. The van der Waals surface area contributed by atoms with Crippen molar-refractivity contribution in [2.24, 2.45) is 0 Å². The van der Waals surface area contributed by atoms with Gasteiger partial charge in [0.15, 0.2) is 0 Å². The largest absolute Gasteiger partial charge is 0.497 e.